The monoisotopic (exact) mass is 391 g/mol. The fourth-order valence-electron chi connectivity index (χ4n) is 3.43. The summed E-state index contributed by atoms with van der Waals surface area (Å²) < 4.78 is 5.23. The van der Waals surface area contributed by atoms with Gasteiger partial charge in [0.25, 0.3) is 5.91 Å². The Labute approximate surface area is 167 Å². The van der Waals surface area contributed by atoms with Gasteiger partial charge in [-0.3, -0.25) is 4.79 Å². The average Bonchev–Trinajstić information content (AvgIpc) is 2.74. The highest BCUT2D eigenvalue weighted by Gasteiger charge is 2.25. The minimum atomic E-state index is -0.652. The van der Waals surface area contributed by atoms with Gasteiger partial charge in [0.05, 0.1) is 0 Å². The Kier molecular flexibility index (Phi) is 5.29. The molecule has 1 aliphatic rings. The second-order valence-corrected chi connectivity index (χ2v) is 7.02. The first kappa shape index (κ1) is 18.7. The Bertz CT molecular complexity index is 1090. The van der Waals surface area contributed by atoms with Gasteiger partial charge in [-0.15, -0.1) is 0 Å². The van der Waals surface area contributed by atoms with Crippen molar-refractivity contribution in [1.82, 2.24) is 10.2 Å². The number of carbonyl (C=O) groups is 2. The van der Waals surface area contributed by atoms with Gasteiger partial charge < -0.3 is 20.0 Å². The lowest BCUT2D eigenvalue weighted by Gasteiger charge is -2.32. The molecule has 3 aromatic rings. The minimum Gasteiger partial charge on any atom is -0.422 e. The smallest absolute Gasteiger partial charge is 0.349 e. The van der Waals surface area contributed by atoms with E-state index in [1.807, 2.05) is 36.4 Å². The molecule has 7 heteroatoms. The molecule has 29 heavy (non-hydrogen) atoms. The lowest BCUT2D eigenvalue weighted by molar-refractivity contribution is 0.0915. The fraction of sp³-hybridized carbons (Fsp3) is 0.227. The Morgan fingerprint density at radius 3 is 2.41 bits per heavy atom. The molecule has 1 aliphatic heterocycles. The van der Waals surface area contributed by atoms with Crippen LogP contribution in [0.4, 0.5) is 10.5 Å². The summed E-state index contributed by atoms with van der Waals surface area (Å²) in [4.78, 5) is 38.8. The van der Waals surface area contributed by atoms with E-state index in [1.165, 1.54) is 0 Å². The molecule has 0 aliphatic carbocycles. The fourth-order valence-corrected chi connectivity index (χ4v) is 3.43. The summed E-state index contributed by atoms with van der Waals surface area (Å²) in [5, 5.41) is 6.45. The van der Waals surface area contributed by atoms with E-state index >= 15 is 0 Å². The van der Waals surface area contributed by atoms with Crippen molar-refractivity contribution in [2.24, 2.45) is 0 Å². The molecule has 2 aromatic carbocycles. The van der Waals surface area contributed by atoms with Crippen molar-refractivity contribution in [3.63, 3.8) is 0 Å². The van der Waals surface area contributed by atoms with Crippen LogP contribution in [0.15, 0.2) is 69.9 Å². The van der Waals surface area contributed by atoms with E-state index in [1.54, 1.807) is 29.2 Å². The van der Waals surface area contributed by atoms with Gasteiger partial charge in [-0.2, -0.15) is 0 Å². The van der Waals surface area contributed by atoms with Crippen molar-refractivity contribution in [2.45, 2.75) is 18.9 Å². The molecule has 0 bridgehead atoms. The maximum Gasteiger partial charge on any atom is 0.349 e. The van der Waals surface area contributed by atoms with E-state index in [0.29, 0.717) is 36.9 Å². The zero-order valence-electron chi connectivity index (χ0n) is 15.8. The molecule has 0 unspecified atom stereocenters. The normalized spacial score (nSPS) is 14.6. The summed E-state index contributed by atoms with van der Waals surface area (Å²) >= 11 is 0. The van der Waals surface area contributed by atoms with E-state index < -0.39 is 11.5 Å². The van der Waals surface area contributed by atoms with Crippen LogP contribution in [0.3, 0.4) is 0 Å². The first-order valence-corrected chi connectivity index (χ1v) is 9.55. The predicted octanol–water partition coefficient (Wildman–Crippen LogP) is 3.22. The maximum atomic E-state index is 12.6. The number of nitrogens with zero attached hydrogens (tertiary/aromatic N) is 1. The summed E-state index contributed by atoms with van der Waals surface area (Å²) in [6, 6.07) is 17.6. The molecule has 0 atom stereocenters. The van der Waals surface area contributed by atoms with Gasteiger partial charge in [0, 0.05) is 30.2 Å². The number of amides is 3. The molecular formula is C22H21N3O4. The van der Waals surface area contributed by atoms with Crippen molar-refractivity contribution < 1.29 is 14.0 Å². The van der Waals surface area contributed by atoms with Crippen LogP contribution in [0.25, 0.3) is 11.0 Å². The Morgan fingerprint density at radius 2 is 1.66 bits per heavy atom. The summed E-state index contributed by atoms with van der Waals surface area (Å²) in [6.45, 7) is 1.05. The highest BCUT2D eigenvalue weighted by atomic mass is 16.4. The lowest BCUT2D eigenvalue weighted by Crippen LogP contribution is -2.48. The zero-order chi connectivity index (χ0) is 20.2. The van der Waals surface area contributed by atoms with Crippen LogP contribution < -0.4 is 16.3 Å². The van der Waals surface area contributed by atoms with Gasteiger partial charge in [-0.1, -0.05) is 36.4 Å². The summed E-state index contributed by atoms with van der Waals surface area (Å²) in [6.07, 6.45) is 1.24. The molecule has 0 radical (unpaired) electrons. The number of hydrogen-bond acceptors (Lipinski definition) is 4. The second kappa shape index (κ2) is 8.18. The largest absolute Gasteiger partial charge is 0.422 e. The predicted molar refractivity (Wildman–Crippen MR) is 110 cm³/mol. The van der Waals surface area contributed by atoms with Crippen LogP contribution in [0.5, 0.6) is 0 Å². The van der Waals surface area contributed by atoms with Crippen molar-refractivity contribution in [3.8, 4) is 0 Å². The number of hydrogen-bond donors (Lipinski definition) is 2. The van der Waals surface area contributed by atoms with Crippen molar-refractivity contribution in [1.29, 1.82) is 0 Å². The van der Waals surface area contributed by atoms with E-state index in [4.69, 9.17) is 4.42 Å². The SMILES string of the molecule is O=C(NC1CCN(C(=O)Nc2ccccc2)CC1)c1cc2ccccc2oc1=O. The molecule has 148 valence electrons. The number of benzene rings is 2. The van der Waals surface area contributed by atoms with E-state index in [0.717, 1.165) is 5.69 Å². The third kappa shape index (κ3) is 4.29. The summed E-state index contributed by atoms with van der Waals surface area (Å²) in [7, 11) is 0. The van der Waals surface area contributed by atoms with Gasteiger partial charge in [-0.05, 0) is 37.1 Å². The van der Waals surface area contributed by atoms with Gasteiger partial charge in [0.2, 0.25) is 0 Å². The molecular weight excluding hydrogens is 370 g/mol. The standard InChI is InChI=1S/C22H21N3O4/c26-20(18-14-15-6-4-5-9-19(15)29-21(18)27)23-17-10-12-25(13-11-17)22(28)24-16-7-2-1-3-8-16/h1-9,14,17H,10-13H2,(H,23,26)(H,24,28). The number of urea groups is 1. The van der Waals surface area contributed by atoms with E-state index in [9.17, 15) is 14.4 Å². The quantitative estimate of drug-likeness (QED) is 0.671. The average molecular weight is 391 g/mol. The lowest BCUT2D eigenvalue weighted by atomic mass is 10.0. The number of piperidine rings is 1. The number of anilines is 1. The van der Waals surface area contributed by atoms with E-state index in [-0.39, 0.29) is 17.6 Å². The first-order chi connectivity index (χ1) is 14.1. The number of rotatable bonds is 3. The van der Waals surface area contributed by atoms with Gasteiger partial charge in [0.1, 0.15) is 11.1 Å². The number of fused-ring (bicyclic) bond motifs is 1. The van der Waals surface area contributed by atoms with Crippen LogP contribution in [0, 0.1) is 0 Å². The number of likely N-dealkylation sites (tertiary alicyclic amines) is 1. The van der Waals surface area contributed by atoms with Gasteiger partial charge >= 0.3 is 11.7 Å². The molecule has 0 spiro atoms. The van der Waals surface area contributed by atoms with Crippen LogP contribution in [-0.4, -0.2) is 36.0 Å². The number of para-hydroxylation sites is 2. The number of carbonyl (C=O) groups excluding carboxylic acids is 2. The highest BCUT2D eigenvalue weighted by Crippen LogP contribution is 2.15. The van der Waals surface area contributed by atoms with Crippen LogP contribution in [0.2, 0.25) is 0 Å². The van der Waals surface area contributed by atoms with Crippen LogP contribution in [0.1, 0.15) is 23.2 Å². The Hall–Kier alpha value is -3.61. The van der Waals surface area contributed by atoms with Crippen molar-refractivity contribution in [2.75, 3.05) is 18.4 Å². The van der Waals surface area contributed by atoms with Crippen molar-refractivity contribution in [3.05, 3.63) is 76.6 Å². The zero-order valence-corrected chi connectivity index (χ0v) is 15.8. The molecule has 0 saturated carbocycles. The van der Waals surface area contributed by atoms with Crippen molar-refractivity contribution >= 4 is 28.6 Å². The number of nitrogens with one attached hydrogen (secondary N) is 2. The van der Waals surface area contributed by atoms with Crippen LogP contribution >= 0.6 is 0 Å². The maximum absolute atomic E-state index is 12.6. The van der Waals surface area contributed by atoms with Crippen LogP contribution in [-0.2, 0) is 0 Å². The molecule has 4 rings (SSSR count). The van der Waals surface area contributed by atoms with E-state index in [2.05, 4.69) is 10.6 Å². The summed E-state index contributed by atoms with van der Waals surface area (Å²) in [5.41, 5.74) is 0.538. The summed E-state index contributed by atoms with van der Waals surface area (Å²) in [5.74, 6) is -0.448. The topological polar surface area (TPSA) is 91.7 Å². The molecule has 3 amide bonds. The molecule has 7 nitrogen and oxygen atoms in total. The molecule has 2 N–H and O–H groups in total. The van der Waals surface area contributed by atoms with Gasteiger partial charge in [0.15, 0.2) is 0 Å². The molecule has 1 aromatic heterocycles. The highest BCUT2D eigenvalue weighted by molar-refractivity contribution is 5.96. The third-order valence-electron chi connectivity index (χ3n) is 5.03. The Balaban J connectivity index is 1.35. The molecule has 2 heterocycles. The van der Waals surface area contributed by atoms with Gasteiger partial charge in [-0.25, -0.2) is 9.59 Å². The molecule has 1 fully saturated rings. The minimum absolute atomic E-state index is 0.00653. The Morgan fingerprint density at radius 1 is 0.966 bits per heavy atom. The molecule has 1 saturated heterocycles. The first-order valence-electron chi connectivity index (χ1n) is 9.55. The second-order valence-electron chi connectivity index (χ2n) is 7.02. The third-order valence-corrected chi connectivity index (χ3v) is 5.03.